The second-order valence-electron chi connectivity index (χ2n) is 5.00. The topological polar surface area (TPSA) is 68.3 Å². The standard InChI is InChI=1S/C17H18N2O3/c1-11-6-5-9-18-16(11)19-17(21)13(3)22-15-8-4-7-14(10-15)12(2)20/h4-10,13H,1-3H3,(H,18,19,21)/t13-/m1/s1. The number of ether oxygens (including phenoxy) is 1. The lowest BCUT2D eigenvalue weighted by atomic mass is 10.1. The quantitative estimate of drug-likeness (QED) is 0.862. The molecule has 0 spiro atoms. The summed E-state index contributed by atoms with van der Waals surface area (Å²) in [5, 5.41) is 2.73. The van der Waals surface area contributed by atoms with Crippen molar-refractivity contribution < 1.29 is 14.3 Å². The summed E-state index contributed by atoms with van der Waals surface area (Å²) < 4.78 is 5.59. The Balaban J connectivity index is 2.04. The van der Waals surface area contributed by atoms with E-state index in [2.05, 4.69) is 10.3 Å². The highest BCUT2D eigenvalue weighted by atomic mass is 16.5. The Kier molecular flexibility index (Phi) is 4.88. The van der Waals surface area contributed by atoms with E-state index in [4.69, 9.17) is 4.74 Å². The van der Waals surface area contributed by atoms with Crippen molar-refractivity contribution in [1.29, 1.82) is 0 Å². The third kappa shape index (κ3) is 3.91. The fourth-order valence-electron chi connectivity index (χ4n) is 1.88. The molecule has 1 aromatic carbocycles. The Morgan fingerprint density at radius 1 is 1.23 bits per heavy atom. The number of benzene rings is 1. The van der Waals surface area contributed by atoms with Crippen molar-refractivity contribution in [3.63, 3.8) is 0 Å². The lowest BCUT2D eigenvalue weighted by molar-refractivity contribution is -0.122. The average Bonchev–Trinajstić information content (AvgIpc) is 2.49. The van der Waals surface area contributed by atoms with E-state index in [9.17, 15) is 9.59 Å². The van der Waals surface area contributed by atoms with Crippen LogP contribution < -0.4 is 10.1 Å². The molecule has 114 valence electrons. The van der Waals surface area contributed by atoms with Gasteiger partial charge >= 0.3 is 0 Å². The number of rotatable bonds is 5. The number of ketones is 1. The van der Waals surface area contributed by atoms with Crippen molar-refractivity contribution in [2.75, 3.05) is 5.32 Å². The van der Waals surface area contributed by atoms with Crippen LogP contribution in [0.1, 0.15) is 29.8 Å². The number of carbonyl (C=O) groups excluding carboxylic acids is 2. The monoisotopic (exact) mass is 298 g/mol. The molecule has 0 aliphatic rings. The Morgan fingerprint density at radius 3 is 2.68 bits per heavy atom. The van der Waals surface area contributed by atoms with Crippen molar-refractivity contribution in [2.24, 2.45) is 0 Å². The van der Waals surface area contributed by atoms with Crippen LogP contribution in [0.4, 0.5) is 5.82 Å². The summed E-state index contributed by atoms with van der Waals surface area (Å²) in [6.45, 7) is 5.00. The molecule has 0 saturated heterocycles. The number of hydrogen-bond acceptors (Lipinski definition) is 4. The summed E-state index contributed by atoms with van der Waals surface area (Å²) in [4.78, 5) is 27.6. The maximum atomic E-state index is 12.1. The van der Waals surface area contributed by atoms with Gasteiger partial charge in [0, 0.05) is 11.8 Å². The molecule has 0 bridgehead atoms. The molecule has 2 aromatic rings. The summed E-state index contributed by atoms with van der Waals surface area (Å²) in [7, 11) is 0. The van der Waals surface area contributed by atoms with E-state index >= 15 is 0 Å². The first kappa shape index (κ1) is 15.7. The van der Waals surface area contributed by atoms with Gasteiger partial charge in [-0.3, -0.25) is 9.59 Å². The minimum atomic E-state index is -0.705. The van der Waals surface area contributed by atoms with E-state index in [0.29, 0.717) is 17.1 Å². The van der Waals surface area contributed by atoms with Gasteiger partial charge in [-0.05, 0) is 44.5 Å². The summed E-state index contributed by atoms with van der Waals surface area (Å²) in [6.07, 6.45) is 0.911. The van der Waals surface area contributed by atoms with Gasteiger partial charge in [0.2, 0.25) is 0 Å². The molecule has 5 heteroatoms. The molecular formula is C17H18N2O3. The number of Topliss-reactive ketones (excluding diaryl/α,β-unsaturated/α-hetero) is 1. The van der Waals surface area contributed by atoms with Crippen LogP contribution in [0.5, 0.6) is 5.75 Å². The SMILES string of the molecule is CC(=O)c1cccc(O[C@H](C)C(=O)Nc2ncccc2C)c1. The van der Waals surface area contributed by atoms with Crippen molar-refractivity contribution >= 4 is 17.5 Å². The van der Waals surface area contributed by atoms with E-state index in [0.717, 1.165) is 5.56 Å². The Morgan fingerprint density at radius 2 is 2.00 bits per heavy atom. The van der Waals surface area contributed by atoms with Gasteiger partial charge in [0.25, 0.3) is 5.91 Å². The van der Waals surface area contributed by atoms with Crippen LogP contribution in [0.3, 0.4) is 0 Å². The first-order valence-corrected chi connectivity index (χ1v) is 6.97. The zero-order valence-corrected chi connectivity index (χ0v) is 12.8. The smallest absolute Gasteiger partial charge is 0.266 e. The van der Waals surface area contributed by atoms with Crippen LogP contribution >= 0.6 is 0 Å². The van der Waals surface area contributed by atoms with Gasteiger partial charge in [-0.15, -0.1) is 0 Å². The third-order valence-corrected chi connectivity index (χ3v) is 3.17. The maximum Gasteiger partial charge on any atom is 0.266 e. The molecule has 22 heavy (non-hydrogen) atoms. The number of aryl methyl sites for hydroxylation is 1. The molecule has 1 aromatic heterocycles. The van der Waals surface area contributed by atoms with E-state index < -0.39 is 6.10 Å². The van der Waals surface area contributed by atoms with Gasteiger partial charge in [0.05, 0.1) is 0 Å². The largest absolute Gasteiger partial charge is 0.481 e. The third-order valence-electron chi connectivity index (χ3n) is 3.17. The van der Waals surface area contributed by atoms with Gasteiger partial charge in [-0.2, -0.15) is 0 Å². The Bertz CT molecular complexity index is 698. The number of carbonyl (C=O) groups is 2. The molecule has 1 heterocycles. The molecule has 0 fully saturated rings. The van der Waals surface area contributed by atoms with Gasteiger partial charge < -0.3 is 10.1 Å². The van der Waals surface area contributed by atoms with Crippen LogP contribution in [-0.2, 0) is 4.79 Å². The van der Waals surface area contributed by atoms with Crippen LogP contribution in [0.2, 0.25) is 0 Å². The molecule has 2 rings (SSSR count). The predicted octanol–water partition coefficient (Wildman–Crippen LogP) is 3.00. The number of hydrogen-bond donors (Lipinski definition) is 1. The van der Waals surface area contributed by atoms with Crippen LogP contribution in [0.15, 0.2) is 42.6 Å². The molecule has 0 aliphatic carbocycles. The minimum absolute atomic E-state index is 0.0494. The number of pyridine rings is 1. The first-order chi connectivity index (χ1) is 10.5. The lowest BCUT2D eigenvalue weighted by Crippen LogP contribution is -2.30. The summed E-state index contributed by atoms with van der Waals surface area (Å²) >= 11 is 0. The van der Waals surface area contributed by atoms with Gasteiger partial charge in [0.15, 0.2) is 11.9 Å². The number of anilines is 1. The molecule has 0 radical (unpaired) electrons. The molecular weight excluding hydrogens is 280 g/mol. The predicted molar refractivity (Wildman–Crippen MR) is 84.1 cm³/mol. The summed E-state index contributed by atoms with van der Waals surface area (Å²) in [5.41, 5.74) is 1.42. The fraction of sp³-hybridized carbons (Fsp3) is 0.235. The van der Waals surface area contributed by atoms with Crippen LogP contribution in [0, 0.1) is 6.92 Å². The van der Waals surface area contributed by atoms with E-state index in [-0.39, 0.29) is 11.7 Å². The fourth-order valence-corrected chi connectivity index (χ4v) is 1.88. The zero-order valence-electron chi connectivity index (χ0n) is 12.8. The van der Waals surface area contributed by atoms with Crippen LogP contribution in [0.25, 0.3) is 0 Å². The highest BCUT2D eigenvalue weighted by molar-refractivity contribution is 5.95. The van der Waals surface area contributed by atoms with Crippen LogP contribution in [-0.4, -0.2) is 22.8 Å². The maximum absolute atomic E-state index is 12.1. The molecule has 1 amide bonds. The minimum Gasteiger partial charge on any atom is -0.481 e. The molecule has 1 N–H and O–H groups in total. The average molecular weight is 298 g/mol. The van der Waals surface area contributed by atoms with Crippen molar-refractivity contribution in [1.82, 2.24) is 4.98 Å². The van der Waals surface area contributed by atoms with Gasteiger partial charge in [-0.1, -0.05) is 18.2 Å². The highest BCUT2D eigenvalue weighted by Gasteiger charge is 2.16. The van der Waals surface area contributed by atoms with E-state index in [1.54, 1.807) is 43.5 Å². The summed E-state index contributed by atoms with van der Waals surface area (Å²) in [6, 6.07) is 10.4. The Hall–Kier alpha value is -2.69. The first-order valence-electron chi connectivity index (χ1n) is 6.97. The Labute approximate surface area is 129 Å². The van der Waals surface area contributed by atoms with E-state index in [1.807, 2.05) is 13.0 Å². The second-order valence-corrected chi connectivity index (χ2v) is 5.00. The normalized spacial score (nSPS) is 11.6. The van der Waals surface area contributed by atoms with Gasteiger partial charge in [0.1, 0.15) is 11.6 Å². The second kappa shape index (κ2) is 6.85. The lowest BCUT2D eigenvalue weighted by Gasteiger charge is -2.15. The van der Waals surface area contributed by atoms with Gasteiger partial charge in [-0.25, -0.2) is 4.98 Å². The molecule has 0 aliphatic heterocycles. The number of amides is 1. The number of nitrogens with zero attached hydrogens (tertiary/aromatic N) is 1. The van der Waals surface area contributed by atoms with Crippen molar-refractivity contribution in [2.45, 2.75) is 26.9 Å². The zero-order chi connectivity index (χ0) is 16.1. The van der Waals surface area contributed by atoms with Crippen molar-refractivity contribution in [3.05, 3.63) is 53.7 Å². The number of aromatic nitrogens is 1. The van der Waals surface area contributed by atoms with E-state index in [1.165, 1.54) is 6.92 Å². The highest BCUT2D eigenvalue weighted by Crippen LogP contribution is 2.16. The molecule has 0 saturated carbocycles. The number of nitrogens with one attached hydrogen (secondary N) is 1. The van der Waals surface area contributed by atoms with Crippen molar-refractivity contribution in [3.8, 4) is 5.75 Å². The molecule has 5 nitrogen and oxygen atoms in total. The molecule has 0 unspecified atom stereocenters. The summed E-state index contributed by atoms with van der Waals surface area (Å²) in [5.74, 6) is 0.648. The molecule has 1 atom stereocenters.